The molecule has 0 amide bonds. The summed E-state index contributed by atoms with van der Waals surface area (Å²) in [7, 11) is 1.70. The molecule has 0 heterocycles. The molecule has 2 nitrogen and oxygen atoms in total. The number of allylic oxidation sites excluding steroid dienone is 1. The lowest BCUT2D eigenvalue weighted by Crippen LogP contribution is -2.13. The van der Waals surface area contributed by atoms with Crippen LogP contribution in [0.4, 0.5) is 0 Å². The minimum atomic E-state index is -0.00799. The number of ether oxygens (including phenoxy) is 1. The molecule has 0 aromatic heterocycles. The zero-order valence-electron chi connectivity index (χ0n) is 8.06. The molecule has 0 spiro atoms. The third-order valence-corrected chi connectivity index (χ3v) is 1.42. The van der Waals surface area contributed by atoms with Crippen molar-refractivity contribution in [3.05, 3.63) is 12.3 Å². The van der Waals surface area contributed by atoms with Gasteiger partial charge in [0.05, 0.1) is 0 Å². The standard InChI is InChI=1S/C9H17NO/c1-7(9(3,4)5)11-8(2)10-6/h1H2,2-6H3. The van der Waals surface area contributed by atoms with E-state index < -0.39 is 0 Å². The first kappa shape index (κ1) is 10.2. The van der Waals surface area contributed by atoms with E-state index in [0.717, 1.165) is 5.76 Å². The van der Waals surface area contributed by atoms with E-state index in [-0.39, 0.29) is 5.41 Å². The van der Waals surface area contributed by atoms with E-state index in [0.29, 0.717) is 5.90 Å². The van der Waals surface area contributed by atoms with Crippen molar-refractivity contribution in [1.29, 1.82) is 0 Å². The molecule has 0 saturated heterocycles. The second kappa shape index (κ2) is 3.56. The molecule has 0 aromatic carbocycles. The highest BCUT2D eigenvalue weighted by molar-refractivity contribution is 5.74. The molecule has 0 unspecified atom stereocenters. The van der Waals surface area contributed by atoms with Crippen LogP contribution >= 0.6 is 0 Å². The Hall–Kier alpha value is -0.790. The normalized spacial score (nSPS) is 13.0. The van der Waals surface area contributed by atoms with Gasteiger partial charge in [-0.25, -0.2) is 0 Å². The van der Waals surface area contributed by atoms with Gasteiger partial charge in [-0.3, -0.25) is 4.99 Å². The molecule has 0 N–H and O–H groups in total. The molecule has 0 aliphatic carbocycles. The maximum atomic E-state index is 5.32. The lowest BCUT2D eigenvalue weighted by atomic mass is 9.95. The Morgan fingerprint density at radius 2 is 1.82 bits per heavy atom. The van der Waals surface area contributed by atoms with Crippen LogP contribution in [0.2, 0.25) is 0 Å². The van der Waals surface area contributed by atoms with Gasteiger partial charge in [-0.05, 0) is 0 Å². The molecule has 0 aliphatic heterocycles. The Kier molecular flexibility index (Phi) is 3.30. The molecule has 2 heteroatoms. The quantitative estimate of drug-likeness (QED) is 0.324. The van der Waals surface area contributed by atoms with Gasteiger partial charge in [-0.1, -0.05) is 27.4 Å². The summed E-state index contributed by atoms with van der Waals surface area (Å²) in [6.07, 6.45) is 0. The fraction of sp³-hybridized carbons (Fsp3) is 0.667. The lowest BCUT2D eigenvalue weighted by Gasteiger charge is -2.21. The highest BCUT2D eigenvalue weighted by Crippen LogP contribution is 2.24. The van der Waals surface area contributed by atoms with E-state index in [9.17, 15) is 0 Å². The van der Waals surface area contributed by atoms with Crippen LogP contribution in [-0.2, 0) is 4.74 Å². The minimum absolute atomic E-state index is 0.00799. The maximum Gasteiger partial charge on any atom is 0.186 e. The van der Waals surface area contributed by atoms with Gasteiger partial charge in [0.1, 0.15) is 5.76 Å². The van der Waals surface area contributed by atoms with Gasteiger partial charge in [0.2, 0.25) is 0 Å². The fourth-order valence-electron chi connectivity index (χ4n) is 0.377. The molecule has 0 saturated carbocycles. The minimum Gasteiger partial charge on any atom is -0.448 e. The van der Waals surface area contributed by atoms with E-state index >= 15 is 0 Å². The van der Waals surface area contributed by atoms with Gasteiger partial charge in [-0.15, -0.1) is 0 Å². The second-order valence-corrected chi connectivity index (χ2v) is 3.52. The van der Waals surface area contributed by atoms with E-state index in [1.165, 1.54) is 0 Å². The Balaban J connectivity index is 4.10. The van der Waals surface area contributed by atoms with Crippen LogP contribution < -0.4 is 0 Å². The van der Waals surface area contributed by atoms with Crippen molar-refractivity contribution in [2.24, 2.45) is 10.4 Å². The third-order valence-electron chi connectivity index (χ3n) is 1.42. The van der Waals surface area contributed by atoms with Crippen molar-refractivity contribution >= 4 is 5.90 Å². The molecule has 0 bridgehead atoms. The monoisotopic (exact) mass is 155 g/mol. The Bertz CT molecular complexity index is 174. The summed E-state index contributed by atoms with van der Waals surface area (Å²) >= 11 is 0. The van der Waals surface area contributed by atoms with Crippen molar-refractivity contribution in [2.75, 3.05) is 7.05 Å². The van der Waals surface area contributed by atoms with Crippen LogP contribution in [0, 0.1) is 5.41 Å². The second-order valence-electron chi connectivity index (χ2n) is 3.52. The zero-order chi connectivity index (χ0) is 9.07. The summed E-state index contributed by atoms with van der Waals surface area (Å²) in [5, 5.41) is 0. The molecule has 0 aromatic rings. The van der Waals surface area contributed by atoms with Crippen LogP contribution in [0.25, 0.3) is 0 Å². The van der Waals surface area contributed by atoms with E-state index in [1.807, 2.05) is 6.92 Å². The largest absolute Gasteiger partial charge is 0.448 e. The molecule has 64 valence electrons. The van der Waals surface area contributed by atoms with Crippen LogP contribution in [0.3, 0.4) is 0 Å². The van der Waals surface area contributed by atoms with Gasteiger partial charge in [-0.2, -0.15) is 0 Å². The van der Waals surface area contributed by atoms with Crippen molar-refractivity contribution < 1.29 is 4.74 Å². The predicted molar refractivity (Wildman–Crippen MR) is 48.7 cm³/mol. The zero-order valence-corrected chi connectivity index (χ0v) is 8.06. The van der Waals surface area contributed by atoms with Crippen molar-refractivity contribution in [2.45, 2.75) is 27.7 Å². The van der Waals surface area contributed by atoms with Gasteiger partial charge in [0, 0.05) is 19.4 Å². The summed E-state index contributed by atoms with van der Waals surface area (Å²) in [4.78, 5) is 3.88. The van der Waals surface area contributed by atoms with Crippen LogP contribution in [0.1, 0.15) is 27.7 Å². The van der Waals surface area contributed by atoms with Gasteiger partial charge < -0.3 is 4.74 Å². The summed E-state index contributed by atoms with van der Waals surface area (Å²) < 4.78 is 5.32. The topological polar surface area (TPSA) is 21.6 Å². The van der Waals surface area contributed by atoms with Crippen LogP contribution in [0.15, 0.2) is 17.3 Å². The summed E-state index contributed by atoms with van der Waals surface area (Å²) in [6, 6.07) is 0. The van der Waals surface area contributed by atoms with Gasteiger partial charge in [0.25, 0.3) is 0 Å². The molecular weight excluding hydrogens is 138 g/mol. The predicted octanol–water partition coefficient (Wildman–Crippen LogP) is 2.61. The third kappa shape index (κ3) is 3.81. The summed E-state index contributed by atoms with van der Waals surface area (Å²) in [6.45, 7) is 11.8. The SMILES string of the molecule is C=C(OC(C)=NC)C(C)(C)C. The Labute approximate surface area is 69.0 Å². The Morgan fingerprint density at radius 1 is 1.36 bits per heavy atom. The first-order chi connectivity index (χ1) is 4.88. The summed E-state index contributed by atoms with van der Waals surface area (Å²) in [5.74, 6) is 1.41. The molecule has 0 rings (SSSR count). The number of hydrogen-bond acceptors (Lipinski definition) is 2. The lowest BCUT2D eigenvalue weighted by molar-refractivity contribution is 0.285. The maximum absolute atomic E-state index is 5.32. The summed E-state index contributed by atoms with van der Waals surface area (Å²) in [5.41, 5.74) is -0.00799. The van der Waals surface area contributed by atoms with Crippen molar-refractivity contribution in [3.63, 3.8) is 0 Å². The fourth-order valence-corrected chi connectivity index (χ4v) is 0.377. The Morgan fingerprint density at radius 3 is 2.09 bits per heavy atom. The van der Waals surface area contributed by atoms with Gasteiger partial charge >= 0.3 is 0 Å². The van der Waals surface area contributed by atoms with Crippen molar-refractivity contribution in [3.8, 4) is 0 Å². The number of aliphatic imine (C=N–C) groups is 1. The average Bonchev–Trinajstić information content (AvgIpc) is 1.85. The van der Waals surface area contributed by atoms with E-state index in [4.69, 9.17) is 4.74 Å². The molecule has 0 atom stereocenters. The molecule has 0 aliphatic rings. The average molecular weight is 155 g/mol. The first-order valence-corrected chi connectivity index (χ1v) is 3.68. The molecule has 0 fully saturated rings. The first-order valence-electron chi connectivity index (χ1n) is 3.68. The highest BCUT2D eigenvalue weighted by atomic mass is 16.5. The van der Waals surface area contributed by atoms with Gasteiger partial charge in [0.15, 0.2) is 5.90 Å². The number of hydrogen-bond donors (Lipinski definition) is 0. The number of nitrogens with zero attached hydrogens (tertiary/aromatic N) is 1. The van der Waals surface area contributed by atoms with E-state index in [1.54, 1.807) is 7.05 Å². The molecule has 11 heavy (non-hydrogen) atoms. The van der Waals surface area contributed by atoms with Crippen LogP contribution in [0.5, 0.6) is 0 Å². The molecule has 0 radical (unpaired) electrons. The van der Waals surface area contributed by atoms with E-state index in [2.05, 4.69) is 32.3 Å². The number of rotatable bonds is 1. The highest BCUT2D eigenvalue weighted by Gasteiger charge is 2.16. The van der Waals surface area contributed by atoms with Crippen molar-refractivity contribution in [1.82, 2.24) is 0 Å². The molecular formula is C9H17NO. The van der Waals surface area contributed by atoms with Crippen LogP contribution in [-0.4, -0.2) is 12.9 Å². The smallest absolute Gasteiger partial charge is 0.186 e.